The first-order valence-electron chi connectivity index (χ1n) is 5.25. The smallest absolute Gasteiger partial charge is 0.252 e. The number of fused-ring (bicyclic) bond motifs is 1. The van der Waals surface area contributed by atoms with Crippen LogP contribution in [-0.4, -0.2) is 5.91 Å². The number of thiophene rings is 1. The van der Waals surface area contributed by atoms with Crippen LogP contribution < -0.4 is 10.6 Å². The third-order valence-electron chi connectivity index (χ3n) is 2.69. The number of anilines is 2. The minimum absolute atomic E-state index is 0.00536. The molecule has 0 saturated carbocycles. The summed E-state index contributed by atoms with van der Waals surface area (Å²) in [5, 5.41) is 7.15. The lowest BCUT2D eigenvalue weighted by atomic mass is 10.1. The van der Waals surface area contributed by atoms with E-state index in [9.17, 15) is 13.6 Å². The third-order valence-corrected chi connectivity index (χ3v) is 3.63. The van der Waals surface area contributed by atoms with Gasteiger partial charge in [0.25, 0.3) is 5.91 Å². The van der Waals surface area contributed by atoms with Crippen LogP contribution in [0, 0.1) is 11.6 Å². The van der Waals surface area contributed by atoms with E-state index in [-0.39, 0.29) is 17.3 Å². The molecule has 0 aliphatic carbocycles. The first kappa shape index (κ1) is 11.2. The molecule has 0 fully saturated rings. The monoisotopic (exact) mass is 266 g/mol. The van der Waals surface area contributed by atoms with Gasteiger partial charge >= 0.3 is 0 Å². The van der Waals surface area contributed by atoms with Gasteiger partial charge < -0.3 is 10.6 Å². The average Bonchev–Trinajstić information content (AvgIpc) is 2.83. The van der Waals surface area contributed by atoms with E-state index in [1.807, 2.05) is 11.4 Å². The molecule has 0 radical (unpaired) electrons. The molecular weight excluding hydrogens is 258 g/mol. The van der Waals surface area contributed by atoms with Gasteiger partial charge in [0.1, 0.15) is 17.5 Å². The Labute approximate surface area is 105 Å². The van der Waals surface area contributed by atoms with Crippen LogP contribution in [0.25, 0.3) is 0 Å². The van der Waals surface area contributed by atoms with Gasteiger partial charge in [-0.25, -0.2) is 8.78 Å². The second kappa shape index (κ2) is 4.06. The van der Waals surface area contributed by atoms with Gasteiger partial charge in [0.2, 0.25) is 0 Å². The molecule has 92 valence electrons. The zero-order valence-electron chi connectivity index (χ0n) is 9.04. The summed E-state index contributed by atoms with van der Waals surface area (Å²) in [5.74, 6) is -1.81. The van der Waals surface area contributed by atoms with E-state index >= 15 is 0 Å². The number of hydrogen-bond donors (Lipinski definition) is 2. The molecule has 1 amide bonds. The molecule has 3 nitrogen and oxygen atoms in total. The van der Waals surface area contributed by atoms with Crippen LogP contribution in [0.1, 0.15) is 10.9 Å². The highest BCUT2D eigenvalue weighted by atomic mass is 32.1. The van der Waals surface area contributed by atoms with Crippen molar-refractivity contribution in [2.45, 2.75) is 6.04 Å². The molecule has 1 aromatic carbocycles. The summed E-state index contributed by atoms with van der Waals surface area (Å²) in [6.07, 6.45) is 0. The maximum Gasteiger partial charge on any atom is 0.252 e. The molecule has 18 heavy (non-hydrogen) atoms. The van der Waals surface area contributed by atoms with Crippen LogP contribution >= 0.6 is 11.3 Å². The van der Waals surface area contributed by atoms with Crippen LogP contribution in [-0.2, 0) is 4.79 Å². The van der Waals surface area contributed by atoms with Crippen LogP contribution in [0.2, 0.25) is 0 Å². The van der Waals surface area contributed by atoms with Gasteiger partial charge in [0, 0.05) is 10.9 Å². The molecule has 2 heterocycles. The molecule has 0 bridgehead atoms. The van der Waals surface area contributed by atoms with E-state index in [4.69, 9.17) is 0 Å². The lowest BCUT2D eigenvalue weighted by Crippen LogP contribution is -2.32. The zero-order chi connectivity index (χ0) is 12.7. The van der Waals surface area contributed by atoms with Crippen LogP contribution in [0.5, 0.6) is 0 Å². The van der Waals surface area contributed by atoms with Crippen LogP contribution in [0.15, 0.2) is 29.6 Å². The summed E-state index contributed by atoms with van der Waals surface area (Å²) in [6.45, 7) is 0. The fourth-order valence-corrected chi connectivity index (χ4v) is 2.66. The molecule has 1 unspecified atom stereocenters. The second-order valence-electron chi connectivity index (χ2n) is 3.89. The van der Waals surface area contributed by atoms with E-state index in [2.05, 4.69) is 10.6 Å². The van der Waals surface area contributed by atoms with Crippen molar-refractivity contribution in [3.63, 3.8) is 0 Å². The normalized spacial score (nSPS) is 17.9. The van der Waals surface area contributed by atoms with Crippen molar-refractivity contribution in [2.75, 3.05) is 10.6 Å². The highest BCUT2D eigenvalue weighted by Gasteiger charge is 2.29. The van der Waals surface area contributed by atoms with Crippen molar-refractivity contribution >= 4 is 28.6 Å². The van der Waals surface area contributed by atoms with Crippen LogP contribution in [0.3, 0.4) is 0 Å². The van der Waals surface area contributed by atoms with Gasteiger partial charge in [0.05, 0.1) is 5.69 Å². The minimum atomic E-state index is -0.782. The van der Waals surface area contributed by atoms with Crippen molar-refractivity contribution in [3.05, 3.63) is 46.2 Å². The Morgan fingerprint density at radius 3 is 2.83 bits per heavy atom. The van der Waals surface area contributed by atoms with E-state index in [1.165, 1.54) is 17.4 Å². The standard InChI is InChI=1S/C12H8F2N2OS/c13-6-4-7(14)10-8(5-6)15-11(12(17)16-10)9-2-1-3-18-9/h1-5,11,15H,(H,16,17). The second-order valence-corrected chi connectivity index (χ2v) is 4.87. The lowest BCUT2D eigenvalue weighted by Gasteiger charge is -2.26. The molecule has 1 atom stereocenters. The Bertz CT molecular complexity index is 613. The van der Waals surface area contributed by atoms with Gasteiger partial charge in [0.15, 0.2) is 5.82 Å². The minimum Gasteiger partial charge on any atom is -0.368 e. The number of carbonyl (C=O) groups excluding carboxylic acids is 1. The Morgan fingerprint density at radius 2 is 2.11 bits per heavy atom. The largest absolute Gasteiger partial charge is 0.368 e. The highest BCUT2D eigenvalue weighted by Crippen LogP contribution is 2.36. The lowest BCUT2D eigenvalue weighted by molar-refractivity contribution is -0.117. The van der Waals surface area contributed by atoms with Gasteiger partial charge in [-0.1, -0.05) is 6.07 Å². The number of nitrogens with one attached hydrogen (secondary N) is 2. The van der Waals surface area contributed by atoms with Gasteiger partial charge in [-0.05, 0) is 17.5 Å². The maximum absolute atomic E-state index is 13.5. The first-order chi connectivity index (χ1) is 8.65. The summed E-state index contributed by atoms with van der Waals surface area (Å²) in [6, 6.07) is 4.91. The molecule has 1 aliphatic heterocycles. The SMILES string of the molecule is O=C1Nc2c(F)cc(F)cc2NC1c1cccs1. The predicted octanol–water partition coefficient (Wildman–Crippen LogP) is 3.13. The molecule has 2 N–H and O–H groups in total. The Balaban J connectivity index is 2.04. The fourth-order valence-electron chi connectivity index (χ4n) is 1.89. The number of hydrogen-bond acceptors (Lipinski definition) is 3. The Kier molecular flexibility index (Phi) is 2.52. The van der Waals surface area contributed by atoms with Gasteiger partial charge in [-0.3, -0.25) is 4.79 Å². The molecule has 6 heteroatoms. The molecular formula is C12H8F2N2OS. The fraction of sp³-hybridized carbons (Fsp3) is 0.0833. The van der Waals surface area contributed by atoms with E-state index in [0.29, 0.717) is 0 Å². The number of halogens is 2. The molecule has 1 aromatic heterocycles. The van der Waals surface area contributed by atoms with E-state index < -0.39 is 17.7 Å². The first-order valence-corrected chi connectivity index (χ1v) is 6.13. The summed E-state index contributed by atoms with van der Waals surface area (Å²) in [4.78, 5) is 12.7. The quantitative estimate of drug-likeness (QED) is 0.832. The zero-order valence-corrected chi connectivity index (χ0v) is 9.85. The summed E-state index contributed by atoms with van der Waals surface area (Å²) in [5.41, 5.74) is 0.250. The number of amides is 1. The summed E-state index contributed by atoms with van der Waals surface area (Å²) < 4.78 is 26.6. The number of carbonyl (C=O) groups is 1. The van der Waals surface area contributed by atoms with Crippen molar-refractivity contribution in [1.29, 1.82) is 0 Å². The summed E-state index contributed by atoms with van der Waals surface area (Å²) in [7, 11) is 0. The maximum atomic E-state index is 13.5. The average molecular weight is 266 g/mol. The van der Waals surface area contributed by atoms with Crippen molar-refractivity contribution < 1.29 is 13.6 Å². The molecule has 3 rings (SSSR count). The van der Waals surface area contributed by atoms with Crippen molar-refractivity contribution in [1.82, 2.24) is 0 Å². The van der Waals surface area contributed by atoms with Crippen LogP contribution in [0.4, 0.5) is 20.2 Å². The molecule has 1 aliphatic rings. The predicted molar refractivity (Wildman–Crippen MR) is 65.7 cm³/mol. The Morgan fingerprint density at radius 1 is 1.28 bits per heavy atom. The molecule has 0 saturated heterocycles. The third kappa shape index (κ3) is 1.74. The van der Waals surface area contributed by atoms with Gasteiger partial charge in [-0.2, -0.15) is 0 Å². The number of rotatable bonds is 1. The van der Waals surface area contributed by atoms with Gasteiger partial charge in [-0.15, -0.1) is 11.3 Å². The summed E-state index contributed by atoms with van der Waals surface area (Å²) >= 11 is 1.41. The van der Waals surface area contributed by atoms with E-state index in [1.54, 1.807) is 6.07 Å². The molecule has 2 aromatic rings. The topological polar surface area (TPSA) is 41.1 Å². The van der Waals surface area contributed by atoms with E-state index in [0.717, 1.165) is 10.9 Å². The van der Waals surface area contributed by atoms with Crippen molar-refractivity contribution in [2.24, 2.45) is 0 Å². The Hall–Kier alpha value is -1.95. The van der Waals surface area contributed by atoms with Crippen molar-refractivity contribution in [3.8, 4) is 0 Å². The molecule has 0 spiro atoms. The number of benzene rings is 1. The highest BCUT2D eigenvalue weighted by molar-refractivity contribution is 7.10.